The van der Waals surface area contributed by atoms with Crippen molar-refractivity contribution in [1.82, 2.24) is 14.8 Å². The number of anilines is 1. The van der Waals surface area contributed by atoms with E-state index in [-0.39, 0.29) is 18.1 Å². The Morgan fingerprint density at radius 3 is 2.88 bits per heavy atom. The van der Waals surface area contributed by atoms with Gasteiger partial charge >= 0.3 is 0 Å². The molecule has 0 aliphatic heterocycles. The summed E-state index contributed by atoms with van der Waals surface area (Å²) < 4.78 is 20.1. The molecular weight excluding hydrogens is 323 g/mol. The van der Waals surface area contributed by atoms with Crippen molar-refractivity contribution >= 4 is 11.6 Å². The standard InChI is InChI=1S/C18H17FN4O2/c1-25-16-7-5-13(12-14(16)19)6-8-17(24)22-15-4-2-9-20-18(15)23-11-3-10-21-23/h2-5,7,9-12H,6,8H2,1H3,(H,22,24). The maximum atomic E-state index is 13.7. The molecule has 3 aromatic rings. The van der Waals surface area contributed by atoms with Crippen molar-refractivity contribution < 1.29 is 13.9 Å². The SMILES string of the molecule is COc1ccc(CCC(=O)Nc2cccnc2-n2cccn2)cc1F. The summed E-state index contributed by atoms with van der Waals surface area (Å²) >= 11 is 0. The average molecular weight is 340 g/mol. The third-order valence-electron chi connectivity index (χ3n) is 3.64. The van der Waals surface area contributed by atoms with Crippen molar-refractivity contribution in [3.63, 3.8) is 0 Å². The normalized spacial score (nSPS) is 10.5. The minimum Gasteiger partial charge on any atom is -0.494 e. The Morgan fingerprint density at radius 2 is 2.16 bits per heavy atom. The van der Waals surface area contributed by atoms with E-state index < -0.39 is 5.82 Å². The Bertz CT molecular complexity index is 865. The summed E-state index contributed by atoms with van der Waals surface area (Å²) in [6.45, 7) is 0. The van der Waals surface area contributed by atoms with Gasteiger partial charge in [-0.15, -0.1) is 0 Å². The quantitative estimate of drug-likeness (QED) is 0.749. The molecule has 0 unspecified atom stereocenters. The Kier molecular flexibility index (Phi) is 5.03. The Morgan fingerprint density at radius 1 is 1.28 bits per heavy atom. The van der Waals surface area contributed by atoms with Gasteiger partial charge in [0.25, 0.3) is 0 Å². The summed E-state index contributed by atoms with van der Waals surface area (Å²) in [6.07, 6.45) is 5.66. The second-order valence-corrected chi connectivity index (χ2v) is 5.34. The molecule has 0 saturated carbocycles. The summed E-state index contributed by atoms with van der Waals surface area (Å²) in [5, 5.41) is 6.95. The minimum atomic E-state index is -0.436. The van der Waals surface area contributed by atoms with Gasteiger partial charge in [0, 0.05) is 25.0 Å². The first-order valence-corrected chi connectivity index (χ1v) is 7.74. The molecule has 0 atom stereocenters. The predicted octanol–water partition coefficient (Wildman–Crippen LogP) is 2.99. The molecule has 1 amide bonds. The molecule has 1 aromatic carbocycles. The monoisotopic (exact) mass is 340 g/mol. The Hall–Kier alpha value is -3.22. The first-order chi connectivity index (χ1) is 12.2. The zero-order valence-corrected chi connectivity index (χ0v) is 13.6. The molecule has 25 heavy (non-hydrogen) atoms. The van der Waals surface area contributed by atoms with Crippen LogP contribution in [0.3, 0.4) is 0 Å². The van der Waals surface area contributed by atoms with Crippen molar-refractivity contribution in [2.75, 3.05) is 12.4 Å². The minimum absolute atomic E-state index is 0.183. The largest absolute Gasteiger partial charge is 0.494 e. The number of hydrogen-bond donors (Lipinski definition) is 1. The zero-order chi connectivity index (χ0) is 17.6. The van der Waals surface area contributed by atoms with Crippen LogP contribution in [0.5, 0.6) is 5.75 Å². The van der Waals surface area contributed by atoms with Crippen molar-refractivity contribution in [1.29, 1.82) is 0 Å². The van der Waals surface area contributed by atoms with Crippen LogP contribution in [0.1, 0.15) is 12.0 Å². The number of amides is 1. The fourth-order valence-corrected chi connectivity index (χ4v) is 2.41. The number of benzene rings is 1. The van der Waals surface area contributed by atoms with Crippen LogP contribution >= 0.6 is 0 Å². The lowest BCUT2D eigenvalue weighted by Gasteiger charge is -2.10. The molecule has 2 aromatic heterocycles. The maximum absolute atomic E-state index is 13.7. The third kappa shape index (κ3) is 4.00. The average Bonchev–Trinajstić information content (AvgIpc) is 3.15. The molecular formula is C18H17FN4O2. The first kappa shape index (κ1) is 16.6. The number of methoxy groups -OCH3 is 1. The molecule has 0 fully saturated rings. The molecule has 7 heteroatoms. The van der Waals surface area contributed by atoms with Gasteiger partial charge < -0.3 is 10.1 Å². The van der Waals surface area contributed by atoms with Crippen molar-refractivity contribution in [2.24, 2.45) is 0 Å². The number of ether oxygens (including phenoxy) is 1. The smallest absolute Gasteiger partial charge is 0.224 e. The molecule has 3 rings (SSSR count). The van der Waals surface area contributed by atoms with Gasteiger partial charge in [-0.3, -0.25) is 4.79 Å². The van der Waals surface area contributed by atoms with E-state index in [0.29, 0.717) is 17.9 Å². The molecule has 0 aliphatic carbocycles. The van der Waals surface area contributed by atoms with E-state index >= 15 is 0 Å². The number of rotatable bonds is 6. The molecule has 0 bridgehead atoms. The fraction of sp³-hybridized carbons (Fsp3) is 0.167. The highest BCUT2D eigenvalue weighted by Gasteiger charge is 2.10. The summed E-state index contributed by atoms with van der Waals surface area (Å²) in [7, 11) is 1.41. The van der Waals surface area contributed by atoms with Crippen molar-refractivity contribution in [3.8, 4) is 11.6 Å². The molecule has 0 radical (unpaired) electrons. The number of pyridine rings is 1. The number of aryl methyl sites for hydroxylation is 1. The van der Waals surface area contributed by atoms with E-state index in [4.69, 9.17) is 4.74 Å². The number of carbonyl (C=O) groups excluding carboxylic acids is 1. The molecule has 0 aliphatic rings. The van der Waals surface area contributed by atoms with Gasteiger partial charge in [0.2, 0.25) is 5.91 Å². The number of nitrogens with one attached hydrogen (secondary N) is 1. The van der Waals surface area contributed by atoms with E-state index in [2.05, 4.69) is 15.4 Å². The molecule has 2 heterocycles. The van der Waals surface area contributed by atoms with Crippen LogP contribution in [0.15, 0.2) is 55.0 Å². The van der Waals surface area contributed by atoms with E-state index in [9.17, 15) is 9.18 Å². The second kappa shape index (κ2) is 7.57. The van der Waals surface area contributed by atoms with Crippen LogP contribution in [0.4, 0.5) is 10.1 Å². The number of nitrogens with zero attached hydrogens (tertiary/aromatic N) is 3. The highest BCUT2D eigenvalue weighted by molar-refractivity contribution is 5.92. The summed E-state index contributed by atoms with van der Waals surface area (Å²) in [6, 6.07) is 9.95. The Balaban J connectivity index is 1.65. The third-order valence-corrected chi connectivity index (χ3v) is 3.64. The summed E-state index contributed by atoms with van der Waals surface area (Å²) in [5.74, 6) is 0.107. The lowest BCUT2D eigenvalue weighted by atomic mass is 10.1. The molecule has 128 valence electrons. The summed E-state index contributed by atoms with van der Waals surface area (Å²) in [5.41, 5.74) is 1.30. The molecule has 0 spiro atoms. The van der Waals surface area contributed by atoms with Crippen molar-refractivity contribution in [3.05, 3.63) is 66.4 Å². The topological polar surface area (TPSA) is 69.0 Å². The summed E-state index contributed by atoms with van der Waals surface area (Å²) in [4.78, 5) is 16.5. The van der Waals surface area contributed by atoms with Crippen LogP contribution in [0, 0.1) is 5.82 Å². The highest BCUT2D eigenvalue weighted by atomic mass is 19.1. The van der Waals surface area contributed by atoms with Crippen LogP contribution in [-0.2, 0) is 11.2 Å². The van der Waals surface area contributed by atoms with Gasteiger partial charge in [-0.2, -0.15) is 5.10 Å². The number of halogens is 1. The zero-order valence-electron chi connectivity index (χ0n) is 13.6. The maximum Gasteiger partial charge on any atom is 0.224 e. The molecule has 1 N–H and O–H groups in total. The lowest BCUT2D eigenvalue weighted by Crippen LogP contribution is -2.15. The van der Waals surface area contributed by atoms with E-state index in [1.165, 1.54) is 13.2 Å². The molecule has 6 nitrogen and oxygen atoms in total. The highest BCUT2D eigenvalue weighted by Crippen LogP contribution is 2.19. The van der Waals surface area contributed by atoms with Gasteiger partial charge in [0.1, 0.15) is 0 Å². The molecule has 0 saturated heterocycles. The van der Waals surface area contributed by atoms with Gasteiger partial charge in [-0.25, -0.2) is 14.1 Å². The van der Waals surface area contributed by atoms with Gasteiger partial charge in [-0.1, -0.05) is 6.07 Å². The van der Waals surface area contributed by atoms with Gasteiger partial charge in [-0.05, 0) is 42.3 Å². The van der Waals surface area contributed by atoms with E-state index in [0.717, 1.165) is 5.56 Å². The second-order valence-electron chi connectivity index (χ2n) is 5.34. The van der Waals surface area contributed by atoms with Crippen LogP contribution < -0.4 is 10.1 Å². The first-order valence-electron chi connectivity index (χ1n) is 7.74. The van der Waals surface area contributed by atoms with Crippen LogP contribution in [-0.4, -0.2) is 27.8 Å². The van der Waals surface area contributed by atoms with Crippen LogP contribution in [0.2, 0.25) is 0 Å². The van der Waals surface area contributed by atoms with Crippen LogP contribution in [0.25, 0.3) is 5.82 Å². The lowest BCUT2D eigenvalue weighted by molar-refractivity contribution is -0.116. The predicted molar refractivity (Wildman–Crippen MR) is 91.3 cm³/mol. The van der Waals surface area contributed by atoms with Gasteiger partial charge in [0.15, 0.2) is 17.4 Å². The fourth-order valence-electron chi connectivity index (χ4n) is 2.41. The van der Waals surface area contributed by atoms with E-state index in [1.54, 1.807) is 53.6 Å². The number of hydrogen-bond acceptors (Lipinski definition) is 4. The number of carbonyl (C=O) groups is 1. The Labute approximate surface area is 144 Å². The van der Waals surface area contributed by atoms with Crippen molar-refractivity contribution in [2.45, 2.75) is 12.8 Å². The number of aromatic nitrogens is 3. The van der Waals surface area contributed by atoms with E-state index in [1.807, 2.05) is 0 Å². The van der Waals surface area contributed by atoms with Gasteiger partial charge in [0.05, 0.1) is 12.8 Å².